The van der Waals surface area contributed by atoms with Crippen LogP contribution in [0.3, 0.4) is 0 Å². The van der Waals surface area contributed by atoms with E-state index in [0.29, 0.717) is 29.5 Å². The van der Waals surface area contributed by atoms with Gasteiger partial charge in [-0.2, -0.15) is 0 Å². The third kappa shape index (κ3) is 5.10. The van der Waals surface area contributed by atoms with Gasteiger partial charge in [-0.3, -0.25) is 9.36 Å². The molecule has 0 unspecified atom stereocenters. The second-order valence-corrected chi connectivity index (χ2v) is 7.40. The second-order valence-electron chi connectivity index (χ2n) is 6.96. The molecule has 156 valence electrons. The van der Waals surface area contributed by atoms with Crippen LogP contribution >= 0.6 is 11.6 Å². The number of aryl methyl sites for hydroxylation is 1. The number of hydrogen-bond donors (Lipinski definition) is 1. The number of para-hydroxylation sites is 1. The summed E-state index contributed by atoms with van der Waals surface area (Å²) < 4.78 is 7.78. The Labute approximate surface area is 185 Å². The number of nitrogens with one attached hydrogen (secondary N) is 1. The summed E-state index contributed by atoms with van der Waals surface area (Å²) in [7, 11) is 0. The summed E-state index contributed by atoms with van der Waals surface area (Å²) in [4.78, 5) is 21.4. The molecule has 0 saturated heterocycles. The molecule has 4 rings (SSSR count). The highest BCUT2D eigenvalue weighted by atomic mass is 35.5. The highest BCUT2D eigenvalue weighted by Gasteiger charge is 2.12. The van der Waals surface area contributed by atoms with Gasteiger partial charge in [0, 0.05) is 30.2 Å². The van der Waals surface area contributed by atoms with Gasteiger partial charge >= 0.3 is 0 Å². The number of pyridine rings is 1. The van der Waals surface area contributed by atoms with Gasteiger partial charge in [0.2, 0.25) is 0 Å². The minimum absolute atomic E-state index is 0.207. The zero-order valence-corrected chi connectivity index (χ0v) is 17.7. The topological polar surface area (TPSA) is 69.0 Å². The fraction of sp³-hybridized carbons (Fsp3) is 0.125. The van der Waals surface area contributed by atoms with Crippen LogP contribution in [0, 0.1) is 6.92 Å². The molecule has 1 amide bonds. The molecule has 31 heavy (non-hydrogen) atoms. The summed E-state index contributed by atoms with van der Waals surface area (Å²) in [5.41, 5.74) is 2.35. The quantitative estimate of drug-likeness (QED) is 0.458. The van der Waals surface area contributed by atoms with E-state index in [1.807, 2.05) is 66.2 Å². The average Bonchev–Trinajstić information content (AvgIpc) is 3.23. The molecular weight excluding hydrogens is 412 g/mol. The molecule has 1 N–H and O–H groups in total. The Morgan fingerprint density at radius 2 is 1.81 bits per heavy atom. The van der Waals surface area contributed by atoms with Gasteiger partial charge in [-0.25, -0.2) is 9.97 Å². The Hall–Kier alpha value is -3.64. The molecule has 2 aromatic heterocycles. The molecular formula is C24H21ClN4O2. The average molecular weight is 433 g/mol. The minimum atomic E-state index is -0.207. The summed E-state index contributed by atoms with van der Waals surface area (Å²) in [5.74, 6) is 1.97. The molecule has 2 heterocycles. The number of imidazole rings is 1. The van der Waals surface area contributed by atoms with Crippen LogP contribution in [0.4, 0.5) is 0 Å². The van der Waals surface area contributed by atoms with E-state index in [-0.39, 0.29) is 5.91 Å². The van der Waals surface area contributed by atoms with Gasteiger partial charge in [0.25, 0.3) is 5.91 Å². The van der Waals surface area contributed by atoms with E-state index in [1.165, 1.54) is 0 Å². The lowest BCUT2D eigenvalue weighted by molar-refractivity contribution is 0.0946. The van der Waals surface area contributed by atoms with E-state index in [2.05, 4.69) is 15.3 Å². The van der Waals surface area contributed by atoms with Crippen molar-refractivity contribution in [1.82, 2.24) is 19.9 Å². The molecule has 0 atom stereocenters. The molecule has 0 saturated carbocycles. The lowest BCUT2D eigenvalue weighted by Gasteiger charge is -2.12. The Morgan fingerprint density at radius 3 is 2.52 bits per heavy atom. The van der Waals surface area contributed by atoms with E-state index >= 15 is 0 Å². The lowest BCUT2D eigenvalue weighted by atomic mass is 10.1. The fourth-order valence-corrected chi connectivity index (χ4v) is 3.21. The molecule has 0 radical (unpaired) electrons. The molecule has 4 aromatic rings. The summed E-state index contributed by atoms with van der Waals surface area (Å²) in [6.07, 6.45) is 5.34. The van der Waals surface area contributed by atoms with Crippen molar-refractivity contribution in [2.75, 3.05) is 0 Å². The van der Waals surface area contributed by atoms with E-state index in [9.17, 15) is 4.79 Å². The predicted molar refractivity (Wildman–Crippen MR) is 119 cm³/mol. The number of carbonyl (C=O) groups excluding carboxylic acids is 1. The number of halogens is 1. The van der Waals surface area contributed by atoms with Crippen molar-refractivity contribution in [3.63, 3.8) is 0 Å². The third-order valence-electron chi connectivity index (χ3n) is 4.77. The first-order valence-electron chi connectivity index (χ1n) is 9.80. The van der Waals surface area contributed by atoms with Crippen molar-refractivity contribution < 1.29 is 9.53 Å². The first-order valence-corrected chi connectivity index (χ1v) is 10.2. The number of amides is 1. The van der Waals surface area contributed by atoms with Crippen molar-refractivity contribution >= 4 is 17.5 Å². The lowest BCUT2D eigenvalue weighted by Crippen LogP contribution is -2.23. The van der Waals surface area contributed by atoms with E-state index < -0.39 is 0 Å². The molecule has 0 aliphatic carbocycles. The van der Waals surface area contributed by atoms with E-state index in [4.69, 9.17) is 16.3 Å². The van der Waals surface area contributed by atoms with Gasteiger partial charge in [0.05, 0.1) is 5.56 Å². The van der Waals surface area contributed by atoms with Gasteiger partial charge in [-0.05, 0) is 48.4 Å². The molecule has 0 fully saturated rings. The summed E-state index contributed by atoms with van der Waals surface area (Å²) in [6, 6.07) is 18.4. The van der Waals surface area contributed by atoms with Gasteiger partial charge < -0.3 is 10.1 Å². The molecule has 2 aromatic carbocycles. The van der Waals surface area contributed by atoms with Crippen molar-refractivity contribution in [2.45, 2.75) is 20.1 Å². The number of aromatic nitrogens is 3. The van der Waals surface area contributed by atoms with Crippen LogP contribution in [-0.4, -0.2) is 20.4 Å². The zero-order valence-electron chi connectivity index (χ0n) is 17.0. The maximum Gasteiger partial charge on any atom is 0.255 e. The minimum Gasteiger partial charge on any atom is -0.488 e. The highest BCUT2D eigenvalue weighted by molar-refractivity contribution is 6.30. The molecule has 6 nitrogen and oxygen atoms in total. The summed E-state index contributed by atoms with van der Waals surface area (Å²) >= 11 is 5.92. The summed E-state index contributed by atoms with van der Waals surface area (Å²) in [5, 5.41) is 3.60. The number of benzene rings is 2. The van der Waals surface area contributed by atoms with Gasteiger partial charge in [0.15, 0.2) is 0 Å². The van der Waals surface area contributed by atoms with E-state index in [1.54, 1.807) is 24.5 Å². The predicted octanol–water partition coefficient (Wildman–Crippen LogP) is 4.74. The number of hydrogen-bond acceptors (Lipinski definition) is 4. The monoisotopic (exact) mass is 432 g/mol. The Balaban J connectivity index is 1.38. The van der Waals surface area contributed by atoms with Gasteiger partial charge in [0.1, 0.15) is 24.0 Å². The number of carbonyl (C=O) groups is 1. The normalized spacial score (nSPS) is 10.6. The van der Waals surface area contributed by atoms with Crippen molar-refractivity contribution in [2.24, 2.45) is 0 Å². The largest absolute Gasteiger partial charge is 0.488 e. The van der Waals surface area contributed by atoms with Crippen molar-refractivity contribution in [3.05, 3.63) is 107 Å². The molecule has 0 spiro atoms. The third-order valence-corrected chi connectivity index (χ3v) is 5.03. The maximum absolute atomic E-state index is 12.8. The number of nitrogens with zero attached hydrogens (tertiary/aromatic N) is 3. The van der Waals surface area contributed by atoms with Crippen LogP contribution in [0.1, 0.15) is 27.3 Å². The number of ether oxygens (including phenoxy) is 1. The smallest absolute Gasteiger partial charge is 0.255 e. The molecule has 0 aliphatic rings. The van der Waals surface area contributed by atoms with Crippen LogP contribution < -0.4 is 10.1 Å². The van der Waals surface area contributed by atoms with Crippen LogP contribution in [0.15, 0.2) is 79.3 Å². The zero-order chi connectivity index (χ0) is 21.6. The SMILES string of the molecule is Cc1nccn1-c1ccc(CNC(=O)c2ccccc2OCc2ccc(Cl)cc2)cn1. The van der Waals surface area contributed by atoms with Crippen molar-refractivity contribution in [1.29, 1.82) is 0 Å². The Morgan fingerprint density at radius 1 is 1.03 bits per heavy atom. The van der Waals surface area contributed by atoms with Crippen molar-refractivity contribution in [3.8, 4) is 11.6 Å². The fourth-order valence-electron chi connectivity index (χ4n) is 3.08. The van der Waals surface area contributed by atoms with E-state index in [0.717, 1.165) is 22.8 Å². The molecule has 7 heteroatoms. The van der Waals surface area contributed by atoms with Gasteiger partial charge in [-0.1, -0.05) is 41.9 Å². The van der Waals surface area contributed by atoms with Crippen LogP contribution in [-0.2, 0) is 13.2 Å². The standard InChI is InChI=1S/C24H21ClN4O2/c1-17-26-12-13-29(17)23-11-8-19(14-27-23)15-28-24(30)21-4-2-3-5-22(21)31-16-18-6-9-20(25)10-7-18/h2-14H,15-16H2,1H3,(H,28,30). The molecule has 0 bridgehead atoms. The van der Waals surface area contributed by atoms with Crippen LogP contribution in [0.2, 0.25) is 5.02 Å². The van der Waals surface area contributed by atoms with Crippen LogP contribution in [0.25, 0.3) is 5.82 Å². The first-order chi connectivity index (χ1) is 15.1. The van der Waals surface area contributed by atoms with Crippen LogP contribution in [0.5, 0.6) is 5.75 Å². The second kappa shape index (κ2) is 9.45. The Bertz CT molecular complexity index is 1170. The molecule has 0 aliphatic heterocycles. The first kappa shape index (κ1) is 20.6. The highest BCUT2D eigenvalue weighted by Crippen LogP contribution is 2.20. The number of rotatable bonds is 7. The summed E-state index contributed by atoms with van der Waals surface area (Å²) in [6.45, 7) is 2.63. The van der Waals surface area contributed by atoms with Gasteiger partial charge in [-0.15, -0.1) is 0 Å². The Kier molecular flexibility index (Phi) is 6.29. The maximum atomic E-state index is 12.8.